The van der Waals surface area contributed by atoms with E-state index in [-0.39, 0.29) is 0 Å². The van der Waals surface area contributed by atoms with Crippen LogP contribution >= 0.6 is 0 Å². The van der Waals surface area contributed by atoms with Crippen molar-refractivity contribution in [1.82, 2.24) is 15.1 Å². The molecule has 1 aliphatic rings. The summed E-state index contributed by atoms with van der Waals surface area (Å²) in [6.07, 6.45) is 4.77. The highest BCUT2D eigenvalue weighted by molar-refractivity contribution is 5.13. The molecular weight excluding hydrogens is 234 g/mol. The first-order valence-corrected chi connectivity index (χ1v) is 7.98. The summed E-state index contributed by atoms with van der Waals surface area (Å²) in [6.45, 7) is 11.1. The van der Waals surface area contributed by atoms with E-state index in [9.17, 15) is 0 Å². The Kier molecular flexibility index (Phi) is 5.03. The SMILES string of the molecule is CCCNC(Cc1cc(CC)nn1CC)C1CC1C. The Bertz CT molecular complexity index is 397. The van der Waals surface area contributed by atoms with Gasteiger partial charge in [-0.15, -0.1) is 0 Å². The molecule has 3 heteroatoms. The van der Waals surface area contributed by atoms with Crippen molar-refractivity contribution in [3.8, 4) is 0 Å². The third-order valence-corrected chi connectivity index (χ3v) is 4.35. The molecule has 0 aliphatic heterocycles. The van der Waals surface area contributed by atoms with E-state index >= 15 is 0 Å². The van der Waals surface area contributed by atoms with Gasteiger partial charge in [0.25, 0.3) is 0 Å². The zero-order valence-electron chi connectivity index (χ0n) is 12.9. The topological polar surface area (TPSA) is 29.9 Å². The van der Waals surface area contributed by atoms with E-state index in [1.54, 1.807) is 0 Å². The van der Waals surface area contributed by atoms with Gasteiger partial charge < -0.3 is 5.32 Å². The molecule has 1 fully saturated rings. The van der Waals surface area contributed by atoms with E-state index in [4.69, 9.17) is 0 Å². The first kappa shape index (κ1) is 14.6. The number of aryl methyl sites for hydroxylation is 2. The van der Waals surface area contributed by atoms with Crippen molar-refractivity contribution >= 4 is 0 Å². The lowest BCUT2D eigenvalue weighted by molar-refractivity contribution is 0.430. The second-order valence-corrected chi connectivity index (χ2v) is 5.94. The fourth-order valence-electron chi connectivity index (χ4n) is 2.97. The molecule has 0 spiro atoms. The number of nitrogens with zero attached hydrogens (tertiary/aromatic N) is 2. The molecule has 19 heavy (non-hydrogen) atoms. The van der Waals surface area contributed by atoms with Crippen LogP contribution < -0.4 is 5.32 Å². The monoisotopic (exact) mass is 263 g/mol. The molecule has 0 aromatic carbocycles. The van der Waals surface area contributed by atoms with Crippen LogP contribution in [-0.2, 0) is 19.4 Å². The van der Waals surface area contributed by atoms with Crippen molar-refractivity contribution in [1.29, 1.82) is 0 Å². The Balaban J connectivity index is 2.05. The lowest BCUT2D eigenvalue weighted by atomic mass is 10.0. The van der Waals surface area contributed by atoms with Crippen molar-refractivity contribution in [2.24, 2.45) is 11.8 Å². The van der Waals surface area contributed by atoms with Gasteiger partial charge in [-0.2, -0.15) is 5.10 Å². The van der Waals surface area contributed by atoms with E-state index in [1.807, 2.05) is 0 Å². The molecule has 3 nitrogen and oxygen atoms in total. The summed E-state index contributed by atoms with van der Waals surface area (Å²) < 4.78 is 2.19. The first-order valence-electron chi connectivity index (χ1n) is 7.98. The van der Waals surface area contributed by atoms with Gasteiger partial charge in [0, 0.05) is 24.7 Å². The molecule has 0 saturated heterocycles. The molecule has 3 unspecified atom stereocenters. The summed E-state index contributed by atoms with van der Waals surface area (Å²) in [5, 5.41) is 8.42. The van der Waals surface area contributed by atoms with Crippen LogP contribution in [0.3, 0.4) is 0 Å². The Morgan fingerprint density at radius 1 is 1.42 bits per heavy atom. The molecule has 1 aromatic rings. The van der Waals surface area contributed by atoms with Crippen LogP contribution in [0.1, 0.15) is 51.9 Å². The number of hydrogen-bond acceptors (Lipinski definition) is 2. The van der Waals surface area contributed by atoms with Crippen LogP contribution in [0.4, 0.5) is 0 Å². The van der Waals surface area contributed by atoms with Crippen LogP contribution in [0.2, 0.25) is 0 Å². The van der Waals surface area contributed by atoms with Crippen molar-refractivity contribution in [2.45, 2.75) is 66.0 Å². The van der Waals surface area contributed by atoms with E-state index in [0.717, 1.165) is 37.8 Å². The van der Waals surface area contributed by atoms with Gasteiger partial charge in [-0.05, 0) is 50.6 Å². The quantitative estimate of drug-likeness (QED) is 0.781. The fraction of sp³-hybridized carbons (Fsp3) is 0.812. The molecular formula is C16H29N3. The Labute approximate surface area is 117 Å². The zero-order valence-corrected chi connectivity index (χ0v) is 12.9. The van der Waals surface area contributed by atoms with E-state index in [2.05, 4.69) is 48.9 Å². The van der Waals surface area contributed by atoms with Gasteiger partial charge in [-0.3, -0.25) is 4.68 Å². The molecule has 1 aliphatic carbocycles. The average molecular weight is 263 g/mol. The molecule has 1 saturated carbocycles. The maximum Gasteiger partial charge on any atom is 0.0624 e. The molecule has 1 N–H and O–H groups in total. The average Bonchev–Trinajstić information content (AvgIpc) is 3.01. The normalized spacial score (nSPS) is 23.6. The molecule has 1 heterocycles. The van der Waals surface area contributed by atoms with Gasteiger partial charge in [-0.1, -0.05) is 20.8 Å². The van der Waals surface area contributed by atoms with Crippen molar-refractivity contribution in [3.05, 3.63) is 17.5 Å². The predicted molar refractivity (Wildman–Crippen MR) is 80.3 cm³/mol. The first-order chi connectivity index (χ1) is 9.19. The van der Waals surface area contributed by atoms with Gasteiger partial charge >= 0.3 is 0 Å². The number of rotatable bonds is 8. The standard InChI is InChI=1S/C16H29N3/c1-5-8-17-16(15-9-12(15)4)11-14-10-13(6-2)18-19(14)7-3/h10,12,15-17H,5-9,11H2,1-4H3. The zero-order chi connectivity index (χ0) is 13.8. The lowest BCUT2D eigenvalue weighted by Crippen LogP contribution is -2.35. The second kappa shape index (κ2) is 6.56. The number of nitrogens with one attached hydrogen (secondary N) is 1. The van der Waals surface area contributed by atoms with Crippen molar-refractivity contribution in [3.63, 3.8) is 0 Å². The molecule has 1 aromatic heterocycles. The Morgan fingerprint density at radius 2 is 2.16 bits per heavy atom. The second-order valence-electron chi connectivity index (χ2n) is 5.94. The minimum atomic E-state index is 0.640. The van der Waals surface area contributed by atoms with Crippen molar-refractivity contribution in [2.75, 3.05) is 6.54 Å². The molecule has 0 bridgehead atoms. The van der Waals surface area contributed by atoms with Gasteiger partial charge in [-0.25, -0.2) is 0 Å². The van der Waals surface area contributed by atoms with E-state index < -0.39 is 0 Å². The molecule has 0 radical (unpaired) electrons. The highest BCUT2D eigenvalue weighted by Crippen LogP contribution is 2.41. The highest BCUT2D eigenvalue weighted by Gasteiger charge is 2.39. The Hall–Kier alpha value is -0.830. The predicted octanol–water partition coefficient (Wildman–Crippen LogP) is 3.03. The fourth-order valence-corrected chi connectivity index (χ4v) is 2.97. The third-order valence-electron chi connectivity index (χ3n) is 4.35. The largest absolute Gasteiger partial charge is 0.313 e. The molecule has 0 amide bonds. The summed E-state index contributed by atoms with van der Waals surface area (Å²) in [6, 6.07) is 2.94. The van der Waals surface area contributed by atoms with Crippen LogP contribution in [0, 0.1) is 11.8 Å². The molecule has 2 rings (SSSR count). The summed E-state index contributed by atoms with van der Waals surface area (Å²) in [7, 11) is 0. The van der Waals surface area contributed by atoms with E-state index in [1.165, 1.54) is 24.2 Å². The van der Waals surface area contributed by atoms with Gasteiger partial charge in [0.15, 0.2) is 0 Å². The smallest absolute Gasteiger partial charge is 0.0624 e. The van der Waals surface area contributed by atoms with Gasteiger partial charge in [0.05, 0.1) is 5.69 Å². The minimum absolute atomic E-state index is 0.640. The summed E-state index contributed by atoms with van der Waals surface area (Å²) in [4.78, 5) is 0. The van der Waals surface area contributed by atoms with Crippen molar-refractivity contribution < 1.29 is 0 Å². The van der Waals surface area contributed by atoms with E-state index in [0.29, 0.717) is 6.04 Å². The van der Waals surface area contributed by atoms with Crippen LogP contribution in [-0.4, -0.2) is 22.4 Å². The maximum absolute atomic E-state index is 4.67. The van der Waals surface area contributed by atoms with Crippen LogP contribution in [0.15, 0.2) is 6.07 Å². The number of aromatic nitrogens is 2. The Morgan fingerprint density at radius 3 is 2.68 bits per heavy atom. The molecule has 108 valence electrons. The highest BCUT2D eigenvalue weighted by atomic mass is 15.3. The van der Waals surface area contributed by atoms with Crippen LogP contribution in [0.5, 0.6) is 0 Å². The lowest BCUT2D eigenvalue weighted by Gasteiger charge is -2.19. The van der Waals surface area contributed by atoms with Crippen LogP contribution in [0.25, 0.3) is 0 Å². The minimum Gasteiger partial charge on any atom is -0.313 e. The van der Waals surface area contributed by atoms with Gasteiger partial charge in [0.1, 0.15) is 0 Å². The summed E-state index contributed by atoms with van der Waals surface area (Å²) in [5.41, 5.74) is 2.64. The third kappa shape index (κ3) is 3.59. The summed E-state index contributed by atoms with van der Waals surface area (Å²) >= 11 is 0. The molecule has 3 atom stereocenters. The number of hydrogen-bond donors (Lipinski definition) is 1. The summed E-state index contributed by atoms with van der Waals surface area (Å²) in [5.74, 6) is 1.77. The van der Waals surface area contributed by atoms with Gasteiger partial charge in [0.2, 0.25) is 0 Å². The maximum atomic E-state index is 4.67.